The monoisotopic (exact) mass is 291 g/mol. The second-order valence-electron chi connectivity index (χ2n) is 5.46. The fourth-order valence-electron chi connectivity index (χ4n) is 2.46. The van der Waals surface area contributed by atoms with Crippen molar-refractivity contribution in [2.45, 2.75) is 25.6 Å². The maximum atomic E-state index is 4.62. The minimum atomic E-state index is 0.644. The number of aromatic nitrogens is 2. The average Bonchev–Trinajstić information content (AvgIpc) is 2.89. The van der Waals surface area contributed by atoms with Crippen LogP contribution in [0, 0.1) is 6.92 Å². The number of aliphatic imine (C=N–C) groups is 1. The standard InChI is InChI=1S/C14H21N5S/c1-11-7-16-13(9-15-11)10-18-3-5-19(6-4-18)14-17-8-12(2)20-14/h7,9,12H,3-6,8,10H2,1-2H3/t12-/m0/s1. The second-order valence-corrected chi connectivity index (χ2v) is 6.87. The van der Waals surface area contributed by atoms with Crippen molar-refractivity contribution in [3.05, 3.63) is 23.8 Å². The highest BCUT2D eigenvalue weighted by molar-refractivity contribution is 8.14. The molecule has 1 saturated heterocycles. The first-order valence-electron chi connectivity index (χ1n) is 7.16. The zero-order chi connectivity index (χ0) is 13.9. The highest BCUT2D eigenvalue weighted by atomic mass is 32.2. The van der Waals surface area contributed by atoms with E-state index in [0.717, 1.165) is 50.7 Å². The first-order valence-corrected chi connectivity index (χ1v) is 8.04. The number of aryl methyl sites for hydroxylation is 1. The lowest BCUT2D eigenvalue weighted by Gasteiger charge is -2.35. The van der Waals surface area contributed by atoms with E-state index in [1.165, 1.54) is 5.17 Å². The Labute approximate surface area is 124 Å². The van der Waals surface area contributed by atoms with Crippen LogP contribution in [0.3, 0.4) is 0 Å². The Balaban J connectivity index is 1.50. The maximum absolute atomic E-state index is 4.62. The second kappa shape index (κ2) is 6.10. The first kappa shape index (κ1) is 13.8. The van der Waals surface area contributed by atoms with Gasteiger partial charge in [-0.15, -0.1) is 0 Å². The van der Waals surface area contributed by atoms with E-state index in [2.05, 4.69) is 31.7 Å². The molecule has 0 amide bonds. The molecule has 0 saturated carbocycles. The lowest BCUT2D eigenvalue weighted by Crippen LogP contribution is -2.47. The molecule has 108 valence electrons. The Bertz CT molecular complexity index is 479. The summed E-state index contributed by atoms with van der Waals surface area (Å²) in [5.74, 6) is 0. The molecule has 2 aliphatic rings. The van der Waals surface area contributed by atoms with E-state index in [0.29, 0.717) is 5.25 Å². The zero-order valence-corrected chi connectivity index (χ0v) is 12.9. The van der Waals surface area contributed by atoms with E-state index < -0.39 is 0 Å². The molecule has 6 heteroatoms. The molecule has 1 atom stereocenters. The van der Waals surface area contributed by atoms with Crippen molar-refractivity contribution in [1.82, 2.24) is 19.8 Å². The van der Waals surface area contributed by atoms with Crippen molar-refractivity contribution < 1.29 is 0 Å². The summed E-state index contributed by atoms with van der Waals surface area (Å²) in [4.78, 5) is 18.2. The molecule has 5 nitrogen and oxygen atoms in total. The van der Waals surface area contributed by atoms with Gasteiger partial charge in [0.15, 0.2) is 5.17 Å². The predicted octanol–water partition coefficient (Wildman–Crippen LogP) is 1.39. The van der Waals surface area contributed by atoms with Crippen LogP contribution in [0.1, 0.15) is 18.3 Å². The molecule has 20 heavy (non-hydrogen) atoms. The third-order valence-corrected chi connectivity index (χ3v) is 4.80. The van der Waals surface area contributed by atoms with Crippen molar-refractivity contribution in [3.63, 3.8) is 0 Å². The third-order valence-electron chi connectivity index (χ3n) is 3.65. The van der Waals surface area contributed by atoms with Crippen molar-refractivity contribution >= 4 is 16.9 Å². The van der Waals surface area contributed by atoms with Gasteiger partial charge in [-0.3, -0.25) is 19.9 Å². The first-order chi connectivity index (χ1) is 9.70. The van der Waals surface area contributed by atoms with Gasteiger partial charge in [-0.2, -0.15) is 0 Å². The topological polar surface area (TPSA) is 44.6 Å². The molecule has 3 heterocycles. The number of hydrogen-bond acceptors (Lipinski definition) is 6. The molecule has 1 aromatic heterocycles. The van der Waals surface area contributed by atoms with Gasteiger partial charge < -0.3 is 4.90 Å². The molecule has 0 N–H and O–H groups in total. The summed E-state index contributed by atoms with van der Waals surface area (Å²) < 4.78 is 0. The quantitative estimate of drug-likeness (QED) is 0.824. The molecule has 1 fully saturated rings. The fourth-order valence-corrected chi connectivity index (χ4v) is 3.45. The lowest BCUT2D eigenvalue weighted by atomic mass is 10.3. The van der Waals surface area contributed by atoms with E-state index in [9.17, 15) is 0 Å². The summed E-state index contributed by atoms with van der Waals surface area (Å²) in [5, 5.41) is 1.89. The van der Waals surface area contributed by atoms with E-state index in [-0.39, 0.29) is 0 Å². The summed E-state index contributed by atoms with van der Waals surface area (Å²) in [6.45, 7) is 10.4. The number of piperazine rings is 1. The Morgan fingerprint density at radius 2 is 2.00 bits per heavy atom. The average molecular weight is 291 g/mol. The van der Waals surface area contributed by atoms with E-state index in [4.69, 9.17) is 0 Å². The van der Waals surface area contributed by atoms with E-state index in [1.54, 1.807) is 0 Å². The van der Waals surface area contributed by atoms with Gasteiger partial charge >= 0.3 is 0 Å². The Kier molecular flexibility index (Phi) is 4.21. The summed E-state index contributed by atoms with van der Waals surface area (Å²) in [6.07, 6.45) is 3.73. The Morgan fingerprint density at radius 1 is 1.20 bits per heavy atom. The minimum Gasteiger partial charge on any atom is -0.349 e. The molecule has 0 bridgehead atoms. The fraction of sp³-hybridized carbons (Fsp3) is 0.643. The van der Waals surface area contributed by atoms with Crippen LogP contribution in [0.4, 0.5) is 0 Å². The van der Waals surface area contributed by atoms with Crippen molar-refractivity contribution in [2.75, 3.05) is 32.7 Å². The highest BCUT2D eigenvalue weighted by Gasteiger charge is 2.24. The maximum Gasteiger partial charge on any atom is 0.159 e. The molecule has 2 aliphatic heterocycles. The predicted molar refractivity (Wildman–Crippen MR) is 83.0 cm³/mol. The van der Waals surface area contributed by atoms with E-state index >= 15 is 0 Å². The van der Waals surface area contributed by atoms with Crippen LogP contribution in [-0.4, -0.2) is 62.9 Å². The highest BCUT2D eigenvalue weighted by Crippen LogP contribution is 2.23. The number of thioether (sulfide) groups is 1. The summed E-state index contributed by atoms with van der Waals surface area (Å²) in [6, 6.07) is 0. The number of hydrogen-bond donors (Lipinski definition) is 0. The van der Waals surface area contributed by atoms with Crippen LogP contribution in [0.5, 0.6) is 0 Å². The van der Waals surface area contributed by atoms with E-state index in [1.807, 2.05) is 31.1 Å². The van der Waals surface area contributed by atoms with Crippen LogP contribution in [0.15, 0.2) is 17.4 Å². The number of rotatable bonds is 2. The van der Waals surface area contributed by atoms with Crippen LogP contribution < -0.4 is 0 Å². The Hall–Kier alpha value is -1.14. The summed E-state index contributed by atoms with van der Waals surface area (Å²) in [7, 11) is 0. The largest absolute Gasteiger partial charge is 0.349 e. The lowest BCUT2D eigenvalue weighted by molar-refractivity contribution is 0.175. The van der Waals surface area contributed by atoms with Crippen LogP contribution in [0.2, 0.25) is 0 Å². The summed E-state index contributed by atoms with van der Waals surface area (Å²) >= 11 is 1.91. The molecular formula is C14H21N5S. The van der Waals surface area contributed by atoms with Gasteiger partial charge in [-0.05, 0) is 6.92 Å². The smallest absolute Gasteiger partial charge is 0.159 e. The van der Waals surface area contributed by atoms with Gasteiger partial charge in [-0.1, -0.05) is 18.7 Å². The van der Waals surface area contributed by atoms with Gasteiger partial charge in [0.25, 0.3) is 0 Å². The number of amidine groups is 1. The van der Waals surface area contributed by atoms with Crippen LogP contribution >= 0.6 is 11.8 Å². The zero-order valence-electron chi connectivity index (χ0n) is 12.1. The molecule has 0 aromatic carbocycles. The van der Waals surface area contributed by atoms with Crippen molar-refractivity contribution in [1.29, 1.82) is 0 Å². The van der Waals surface area contributed by atoms with Gasteiger partial charge in [0.05, 0.1) is 17.9 Å². The van der Waals surface area contributed by atoms with Gasteiger partial charge in [-0.25, -0.2) is 0 Å². The Morgan fingerprint density at radius 3 is 2.60 bits per heavy atom. The van der Waals surface area contributed by atoms with Crippen LogP contribution in [-0.2, 0) is 6.54 Å². The molecule has 0 unspecified atom stereocenters. The van der Waals surface area contributed by atoms with Gasteiger partial charge in [0.1, 0.15) is 0 Å². The SMILES string of the molecule is Cc1cnc(CN2CCN(C3=NC[C@H](C)S3)CC2)cn1. The number of nitrogens with zero attached hydrogens (tertiary/aromatic N) is 5. The molecule has 0 aliphatic carbocycles. The van der Waals surface area contributed by atoms with Gasteiger partial charge in [0, 0.05) is 50.4 Å². The molecule has 0 radical (unpaired) electrons. The van der Waals surface area contributed by atoms with Crippen LogP contribution in [0.25, 0.3) is 0 Å². The normalized spacial score (nSPS) is 24.0. The van der Waals surface area contributed by atoms with Gasteiger partial charge in [0.2, 0.25) is 0 Å². The molecular weight excluding hydrogens is 270 g/mol. The molecule has 1 aromatic rings. The summed E-state index contributed by atoms with van der Waals surface area (Å²) in [5.41, 5.74) is 2.04. The van der Waals surface area contributed by atoms with Crippen molar-refractivity contribution in [3.8, 4) is 0 Å². The molecule has 0 spiro atoms. The third kappa shape index (κ3) is 3.30. The molecule has 3 rings (SSSR count). The van der Waals surface area contributed by atoms with Crippen molar-refractivity contribution in [2.24, 2.45) is 4.99 Å². The minimum absolute atomic E-state index is 0.644.